The van der Waals surface area contributed by atoms with Gasteiger partial charge in [0.05, 0.1) is 10.6 Å². The Kier molecular flexibility index (Phi) is 5.68. The number of sulfonamides is 1. The summed E-state index contributed by atoms with van der Waals surface area (Å²) in [7, 11) is -3.80. The Hall–Kier alpha value is -3.77. The van der Waals surface area contributed by atoms with Crippen LogP contribution in [0.4, 0.5) is 5.69 Å². The molecule has 0 aromatic heterocycles. The van der Waals surface area contributed by atoms with Gasteiger partial charge in [-0.2, -0.15) is 0 Å². The molecule has 0 radical (unpaired) electrons. The van der Waals surface area contributed by atoms with Crippen molar-refractivity contribution in [3.05, 3.63) is 109 Å². The number of nitrogens with one attached hydrogen (secondary N) is 1. The van der Waals surface area contributed by atoms with Crippen molar-refractivity contribution in [1.29, 1.82) is 0 Å². The van der Waals surface area contributed by atoms with Crippen LogP contribution in [0.5, 0.6) is 23.0 Å². The van der Waals surface area contributed by atoms with Crippen LogP contribution in [-0.2, 0) is 10.0 Å². The quantitative estimate of drug-likeness (QED) is 0.396. The number of para-hydroxylation sites is 4. The summed E-state index contributed by atoms with van der Waals surface area (Å²) in [5.74, 6) is 2.26. The minimum Gasteiger partial charge on any atom is -0.457 e. The Morgan fingerprint density at radius 2 is 1.03 bits per heavy atom. The van der Waals surface area contributed by atoms with E-state index in [1.54, 1.807) is 48.5 Å². The van der Waals surface area contributed by atoms with Crippen LogP contribution in [0.2, 0.25) is 0 Å². The molecule has 0 aliphatic rings. The lowest BCUT2D eigenvalue weighted by molar-refractivity contribution is 0.482. The van der Waals surface area contributed by atoms with Crippen molar-refractivity contribution in [3.8, 4) is 23.0 Å². The molecule has 6 heteroatoms. The third-order valence-electron chi connectivity index (χ3n) is 4.22. The van der Waals surface area contributed by atoms with Crippen molar-refractivity contribution in [2.45, 2.75) is 4.90 Å². The van der Waals surface area contributed by atoms with E-state index in [0.29, 0.717) is 28.7 Å². The summed E-state index contributed by atoms with van der Waals surface area (Å²) in [4.78, 5) is 0.123. The molecule has 0 saturated heterocycles. The first-order chi connectivity index (χ1) is 14.6. The van der Waals surface area contributed by atoms with Crippen LogP contribution in [-0.4, -0.2) is 8.42 Å². The highest BCUT2D eigenvalue weighted by molar-refractivity contribution is 7.92. The number of ether oxygens (including phenoxy) is 2. The van der Waals surface area contributed by atoms with Gasteiger partial charge in [0.2, 0.25) is 0 Å². The zero-order valence-electron chi connectivity index (χ0n) is 15.9. The van der Waals surface area contributed by atoms with E-state index in [0.717, 1.165) is 0 Å². The molecule has 30 heavy (non-hydrogen) atoms. The largest absolute Gasteiger partial charge is 0.457 e. The van der Waals surface area contributed by atoms with E-state index >= 15 is 0 Å². The lowest BCUT2D eigenvalue weighted by Crippen LogP contribution is -2.13. The second-order valence-electron chi connectivity index (χ2n) is 6.40. The standard InChI is InChI=1S/C24H19NO4S/c26-30(27,22-17-15-21(16-18-22)28-19-9-3-1-4-10-19)25-23-13-7-8-14-24(23)29-20-11-5-2-6-12-20/h1-18,25H. The van der Waals surface area contributed by atoms with E-state index in [1.807, 2.05) is 48.5 Å². The number of anilines is 1. The first-order valence-electron chi connectivity index (χ1n) is 9.28. The van der Waals surface area contributed by atoms with Gasteiger partial charge < -0.3 is 9.47 Å². The SMILES string of the molecule is O=S(=O)(Nc1ccccc1Oc1ccccc1)c1ccc(Oc2ccccc2)cc1. The minimum absolute atomic E-state index is 0.123. The second kappa shape index (κ2) is 8.71. The summed E-state index contributed by atoms with van der Waals surface area (Å²) in [6.45, 7) is 0. The molecule has 4 aromatic carbocycles. The van der Waals surface area contributed by atoms with E-state index in [2.05, 4.69) is 4.72 Å². The van der Waals surface area contributed by atoms with Crippen molar-refractivity contribution in [1.82, 2.24) is 0 Å². The molecule has 0 bridgehead atoms. The van der Waals surface area contributed by atoms with Gasteiger partial charge >= 0.3 is 0 Å². The van der Waals surface area contributed by atoms with Gasteiger partial charge in [-0.05, 0) is 60.7 Å². The van der Waals surface area contributed by atoms with Gasteiger partial charge in [0.1, 0.15) is 17.2 Å². The van der Waals surface area contributed by atoms with Crippen LogP contribution >= 0.6 is 0 Å². The summed E-state index contributed by atoms with van der Waals surface area (Å²) in [5.41, 5.74) is 0.353. The van der Waals surface area contributed by atoms with Gasteiger partial charge in [-0.3, -0.25) is 4.72 Å². The van der Waals surface area contributed by atoms with Crippen molar-refractivity contribution >= 4 is 15.7 Å². The van der Waals surface area contributed by atoms with E-state index in [-0.39, 0.29) is 4.90 Å². The predicted octanol–water partition coefficient (Wildman–Crippen LogP) is 6.07. The van der Waals surface area contributed by atoms with Crippen LogP contribution in [0.1, 0.15) is 0 Å². The minimum atomic E-state index is -3.80. The van der Waals surface area contributed by atoms with Crippen molar-refractivity contribution < 1.29 is 17.9 Å². The van der Waals surface area contributed by atoms with Crippen LogP contribution in [0.25, 0.3) is 0 Å². The average Bonchev–Trinajstić information content (AvgIpc) is 2.77. The fourth-order valence-corrected chi connectivity index (χ4v) is 3.84. The number of hydrogen-bond donors (Lipinski definition) is 1. The van der Waals surface area contributed by atoms with Gasteiger partial charge in [0.25, 0.3) is 10.0 Å². The van der Waals surface area contributed by atoms with E-state index < -0.39 is 10.0 Å². The number of benzene rings is 4. The highest BCUT2D eigenvalue weighted by Crippen LogP contribution is 2.31. The zero-order valence-corrected chi connectivity index (χ0v) is 16.8. The fourth-order valence-electron chi connectivity index (χ4n) is 2.77. The highest BCUT2D eigenvalue weighted by Gasteiger charge is 2.17. The first-order valence-corrected chi connectivity index (χ1v) is 10.8. The van der Waals surface area contributed by atoms with Crippen LogP contribution in [0.3, 0.4) is 0 Å². The molecule has 5 nitrogen and oxygen atoms in total. The number of hydrogen-bond acceptors (Lipinski definition) is 4. The lowest BCUT2D eigenvalue weighted by Gasteiger charge is -2.14. The summed E-state index contributed by atoms with van der Waals surface area (Å²) < 4.78 is 39.9. The molecular weight excluding hydrogens is 398 g/mol. The topological polar surface area (TPSA) is 64.6 Å². The molecule has 150 valence electrons. The Balaban J connectivity index is 1.52. The molecule has 0 heterocycles. The smallest absolute Gasteiger partial charge is 0.262 e. The summed E-state index contributed by atoms with van der Waals surface area (Å²) in [5, 5.41) is 0. The van der Waals surface area contributed by atoms with Gasteiger partial charge in [-0.15, -0.1) is 0 Å². The molecule has 0 unspecified atom stereocenters. The summed E-state index contributed by atoms with van der Waals surface area (Å²) in [6, 6.07) is 31.6. The molecular formula is C24H19NO4S. The van der Waals surface area contributed by atoms with Gasteiger partial charge in [0, 0.05) is 0 Å². The van der Waals surface area contributed by atoms with Crippen LogP contribution in [0, 0.1) is 0 Å². The Morgan fingerprint density at radius 3 is 1.67 bits per heavy atom. The van der Waals surface area contributed by atoms with Crippen molar-refractivity contribution in [2.75, 3.05) is 4.72 Å². The third-order valence-corrected chi connectivity index (χ3v) is 5.60. The third kappa shape index (κ3) is 4.79. The molecule has 0 saturated carbocycles. The first kappa shape index (κ1) is 19.5. The molecule has 1 N–H and O–H groups in total. The Bertz CT molecular complexity index is 1210. The Labute approximate surface area is 175 Å². The van der Waals surface area contributed by atoms with Crippen molar-refractivity contribution in [3.63, 3.8) is 0 Å². The van der Waals surface area contributed by atoms with E-state index in [9.17, 15) is 8.42 Å². The van der Waals surface area contributed by atoms with Crippen molar-refractivity contribution in [2.24, 2.45) is 0 Å². The lowest BCUT2D eigenvalue weighted by atomic mass is 10.3. The molecule has 0 spiro atoms. The maximum Gasteiger partial charge on any atom is 0.262 e. The maximum atomic E-state index is 12.9. The maximum absolute atomic E-state index is 12.9. The average molecular weight is 417 g/mol. The van der Waals surface area contributed by atoms with Gasteiger partial charge in [0.15, 0.2) is 5.75 Å². The molecule has 0 amide bonds. The normalized spacial score (nSPS) is 10.9. The zero-order chi connectivity index (χ0) is 20.8. The number of rotatable bonds is 7. The predicted molar refractivity (Wildman–Crippen MR) is 117 cm³/mol. The van der Waals surface area contributed by atoms with Crippen LogP contribution in [0.15, 0.2) is 114 Å². The molecule has 4 rings (SSSR count). The van der Waals surface area contributed by atoms with Crippen LogP contribution < -0.4 is 14.2 Å². The van der Waals surface area contributed by atoms with E-state index in [4.69, 9.17) is 9.47 Å². The highest BCUT2D eigenvalue weighted by atomic mass is 32.2. The summed E-state index contributed by atoms with van der Waals surface area (Å²) >= 11 is 0. The molecule has 4 aromatic rings. The van der Waals surface area contributed by atoms with Gasteiger partial charge in [-0.1, -0.05) is 48.5 Å². The molecule has 0 atom stereocenters. The monoisotopic (exact) mass is 417 g/mol. The van der Waals surface area contributed by atoms with E-state index in [1.165, 1.54) is 12.1 Å². The molecule has 0 aliphatic heterocycles. The second-order valence-corrected chi connectivity index (χ2v) is 8.09. The van der Waals surface area contributed by atoms with Gasteiger partial charge in [-0.25, -0.2) is 8.42 Å². The fraction of sp³-hybridized carbons (Fsp3) is 0. The molecule has 0 aliphatic carbocycles. The summed E-state index contributed by atoms with van der Waals surface area (Å²) in [6.07, 6.45) is 0. The molecule has 0 fully saturated rings. The Morgan fingerprint density at radius 1 is 0.533 bits per heavy atom.